The molecule has 6 rings (SSSR count). The molecule has 358 valence electrons. The zero-order valence-electron chi connectivity index (χ0n) is 44.7. The summed E-state index contributed by atoms with van der Waals surface area (Å²) in [6.07, 6.45) is 7.68. The van der Waals surface area contributed by atoms with Crippen molar-refractivity contribution in [2.45, 2.75) is 258 Å². The summed E-state index contributed by atoms with van der Waals surface area (Å²) in [6.45, 7) is 57.5. The van der Waals surface area contributed by atoms with E-state index >= 15 is 0 Å². The van der Waals surface area contributed by atoms with Gasteiger partial charge in [0.1, 0.15) is 5.60 Å². The fraction of sp³-hybridized carbons (Fsp3) is 0.923. The van der Waals surface area contributed by atoms with Crippen LogP contribution in [0.2, 0.25) is 0 Å². The van der Waals surface area contributed by atoms with Crippen molar-refractivity contribution in [3.8, 4) is 0 Å². The van der Waals surface area contributed by atoms with Crippen LogP contribution in [0, 0.1) is 23.7 Å². The highest BCUT2D eigenvalue weighted by Gasteiger charge is 2.48. The third-order valence-corrected chi connectivity index (χ3v) is 13.8. The number of hydrogen-bond donors (Lipinski definition) is 0. The van der Waals surface area contributed by atoms with Gasteiger partial charge in [0.2, 0.25) is 0 Å². The van der Waals surface area contributed by atoms with Crippen molar-refractivity contribution in [2.24, 2.45) is 23.7 Å². The number of thiazole rings is 1. The van der Waals surface area contributed by atoms with Crippen molar-refractivity contribution in [3.05, 3.63) is 16.1 Å². The molecule has 0 aromatic carbocycles. The third kappa shape index (κ3) is 19.7. The van der Waals surface area contributed by atoms with Crippen LogP contribution in [0.25, 0.3) is 0 Å². The average molecular weight is 867 g/mol. The van der Waals surface area contributed by atoms with Gasteiger partial charge in [-0.3, -0.25) is 4.90 Å². The molecule has 0 N–H and O–H groups in total. The van der Waals surface area contributed by atoms with E-state index < -0.39 is 0 Å². The van der Waals surface area contributed by atoms with E-state index in [1.165, 1.54) is 49.5 Å². The molecule has 1 aromatic rings. The van der Waals surface area contributed by atoms with E-state index in [0.29, 0.717) is 17.9 Å². The number of piperidine rings is 2. The SMILES string of the molecule is CC.CC.CC.CC.CC(C)C1CC2CCC(C1)N2C(C)C.CC(C)C1CN(C(C)C)C1.CC(C)N1CCC2(CC1)CN(C(C)C)C(=O)O2.CC(C)c1csc(C(C)C)n1. The van der Waals surface area contributed by atoms with Gasteiger partial charge in [-0.25, -0.2) is 9.78 Å². The topological polar surface area (TPSA) is 52.2 Å². The van der Waals surface area contributed by atoms with E-state index in [0.717, 1.165) is 80.3 Å². The largest absolute Gasteiger partial charge is 0.441 e. The van der Waals surface area contributed by atoms with Crippen LogP contribution in [0.15, 0.2) is 5.38 Å². The van der Waals surface area contributed by atoms with Gasteiger partial charge in [0.05, 0.1) is 17.2 Å². The molecule has 2 atom stereocenters. The standard InChI is InChI=1S/C13H24N2O2.C13H25N.C9H15NS.C9H19N.4C2H6/c1-10(2)14-7-5-13(6-8-14)9-15(11(3)4)12(16)17-13;1-9(2)11-7-12-5-6-13(8-11)14(12)10(3)4;1-6(2)8-5-11-9(10-8)7(3)4;1-7(2)9-5-10(6-9)8(3)4;4*1-2/h10-11H,5-9H2,1-4H3;9-13H,5-8H2,1-4H3;5-7H,1-4H3;7-9H,5-6H2,1-4H3;4*1-2H3. The van der Waals surface area contributed by atoms with Gasteiger partial charge in [-0.05, 0) is 111 Å². The summed E-state index contributed by atoms with van der Waals surface area (Å²) >= 11 is 1.77. The molecule has 1 aromatic heterocycles. The van der Waals surface area contributed by atoms with Gasteiger partial charge in [-0.2, -0.15) is 0 Å². The molecule has 6 heterocycles. The Bertz CT molecular complexity index is 1130. The summed E-state index contributed by atoms with van der Waals surface area (Å²) in [5.74, 6) is 4.90. The van der Waals surface area contributed by atoms with Crippen LogP contribution in [0.5, 0.6) is 0 Å². The molecule has 60 heavy (non-hydrogen) atoms. The maximum Gasteiger partial charge on any atom is 0.410 e. The summed E-state index contributed by atoms with van der Waals surface area (Å²) in [5, 5.41) is 3.42. The van der Waals surface area contributed by atoms with Crippen LogP contribution in [-0.2, 0) is 4.74 Å². The molecule has 7 nitrogen and oxygen atoms in total. The molecule has 5 saturated heterocycles. The molecular formula is C52H107N5O2S. The monoisotopic (exact) mass is 866 g/mol. The second-order valence-electron chi connectivity index (χ2n) is 19.3. The fourth-order valence-corrected chi connectivity index (χ4v) is 9.62. The first kappa shape index (κ1) is 60.9. The van der Waals surface area contributed by atoms with Crippen LogP contribution < -0.4 is 0 Å². The molecule has 1 amide bonds. The van der Waals surface area contributed by atoms with Crippen molar-refractivity contribution in [1.82, 2.24) is 24.6 Å². The highest BCUT2D eigenvalue weighted by atomic mass is 32.1. The van der Waals surface area contributed by atoms with Crippen LogP contribution >= 0.6 is 11.3 Å². The van der Waals surface area contributed by atoms with E-state index in [1.807, 2.05) is 74.1 Å². The Kier molecular flexibility index (Phi) is 32.1. The molecular weight excluding hydrogens is 759 g/mol. The van der Waals surface area contributed by atoms with Crippen molar-refractivity contribution >= 4 is 17.4 Å². The number of carbonyl (C=O) groups is 1. The molecule has 5 fully saturated rings. The smallest absolute Gasteiger partial charge is 0.410 e. The predicted molar refractivity (Wildman–Crippen MR) is 269 cm³/mol. The predicted octanol–water partition coefficient (Wildman–Crippen LogP) is 14.9. The Morgan fingerprint density at radius 1 is 0.617 bits per heavy atom. The van der Waals surface area contributed by atoms with Gasteiger partial charge in [-0.15, -0.1) is 11.3 Å². The number of amides is 1. The lowest BCUT2D eigenvalue weighted by atomic mass is 9.82. The number of nitrogens with zero attached hydrogens (tertiary/aromatic N) is 5. The van der Waals surface area contributed by atoms with Crippen molar-refractivity contribution < 1.29 is 9.53 Å². The van der Waals surface area contributed by atoms with Gasteiger partial charge in [0.25, 0.3) is 0 Å². The molecule has 2 bridgehead atoms. The first-order valence-corrected chi connectivity index (χ1v) is 26.3. The second kappa shape index (κ2) is 31.6. The maximum atomic E-state index is 11.8. The Hall–Kier alpha value is -1.22. The molecule has 0 saturated carbocycles. The highest BCUT2D eigenvalue weighted by molar-refractivity contribution is 7.09. The van der Waals surface area contributed by atoms with E-state index in [9.17, 15) is 4.79 Å². The number of rotatable bonds is 8. The Balaban J connectivity index is 0. The molecule has 1 spiro atoms. The first-order valence-electron chi connectivity index (χ1n) is 25.5. The zero-order valence-corrected chi connectivity index (χ0v) is 45.6. The number of hydrogen-bond acceptors (Lipinski definition) is 7. The van der Waals surface area contributed by atoms with E-state index in [-0.39, 0.29) is 17.7 Å². The van der Waals surface area contributed by atoms with Gasteiger partial charge >= 0.3 is 6.09 Å². The van der Waals surface area contributed by atoms with Gasteiger partial charge in [-0.1, -0.05) is 111 Å². The Morgan fingerprint density at radius 2 is 1.07 bits per heavy atom. The minimum Gasteiger partial charge on any atom is -0.441 e. The van der Waals surface area contributed by atoms with Gasteiger partial charge < -0.3 is 19.4 Å². The summed E-state index contributed by atoms with van der Waals surface area (Å²) < 4.78 is 5.65. The third-order valence-electron chi connectivity index (χ3n) is 12.7. The molecule has 2 unspecified atom stereocenters. The minimum atomic E-state index is -0.202. The van der Waals surface area contributed by atoms with E-state index in [4.69, 9.17) is 4.74 Å². The van der Waals surface area contributed by atoms with Gasteiger partial charge in [0, 0.05) is 86.6 Å². The van der Waals surface area contributed by atoms with Gasteiger partial charge in [0.15, 0.2) is 0 Å². The van der Waals surface area contributed by atoms with E-state index in [2.05, 4.69) is 122 Å². The summed E-state index contributed by atoms with van der Waals surface area (Å²) in [5.41, 5.74) is 1.03. The molecule has 5 aliphatic rings. The summed E-state index contributed by atoms with van der Waals surface area (Å²) in [7, 11) is 0. The Morgan fingerprint density at radius 3 is 1.37 bits per heavy atom. The van der Waals surface area contributed by atoms with Crippen molar-refractivity contribution in [1.29, 1.82) is 0 Å². The second-order valence-corrected chi connectivity index (χ2v) is 20.2. The molecule has 8 heteroatoms. The van der Waals surface area contributed by atoms with Crippen LogP contribution in [0.4, 0.5) is 4.79 Å². The Labute approximate surface area is 380 Å². The summed E-state index contributed by atoms with van der Waals surface area (Å²) in [6, 6.07) is 4.19. The number of fused-ring (bicyclic) bond motifs is 2. The van der Waals surface area contributed by atoms with Crippen LogP contribution in [0.1, 0.15) is 227 Å². The first-order chi connectivity index (χ1) is 28.2. The minimum absolute atomic E-state index is 0.127. The fourth-order valence-electron chi connectivity index (χ4n) is 8.62. The average Bonchev–Trinajstić information content (AvgIpc) is 3.89. The lowest BCUT2D eigenvalue weighted by Crippen LogP contribution is -2.51. The number of aromatic nitrogens is 1. The van der Waals surface area contributed by atoms with E-state index in [1.54, 1.807) is 11.3 Å². The lowest BCUT2D eigenvalue weighted by Gasteiger charge is -2.44. The van der Waals surface area contributed by atoms with Crippen LogP contribution in [-0.4, -0.2) is 105 Å². The van der Waals surface area contributed by atoms with Crippen molar-refractivity contribution in [3.63, 3.8) is 0 Å². The number of ether oxygens (including phenoxy) is 1. The normalized spacial score (nSPS) is 22.3. The number of carbonyl (C=O) groups excluding carboxylic acids is 1. The van der Waals surface area contributed by atoms with Crippen LogP contribution in [0.3, 0.4) is 0 Å². The quantitative estimate of drug-likeness (QED) is 0.259. The summed E-state index contributed by atoms with van der Waals surface area (Å²) in [4.78, 5) is 26.0. The molecule has 0 aliphatic carbocycles. The van der Waals surface area contributed by atoms with Crippen molar-refractivity contribution in [2.75, 3.05) is 32.7 Å². The zero-order chi connectivity index (χ0) is 47.1. The maximum absolute atomic E-state index is 11.8. The highest BCUT2D eigenvalue weighted by Crippen LogP contribution is 2.42. The lowest BCUT2D eigenvalue weighted by molar-refractivity contribution is -0.00643. The molecule has 0 radical (unpaired) electrons. The molecule has 5 aliphatic heterocycles. The number of likely N-dealkylation sites (tertiary alicyclic amines) is 2.